The van der Waals surface area contributed by atoms with Gasteiger partial charge in [0.1, 0.15) is 6.04 Å². The predicted octanol–water partition coefficient (Wildman–Crippen LogP) is 2.58. The molecule has 2 aromatic rings. The van der Waals surface area contributed by atoms with E-state index in [1.54, 1.807) is 17.0 Å². The van der Waals surface area contributed by atoms with E-state index in [4.69, 9.17) is 0 Å². The fourth-order valence-electron chi connectivity index (χ4n) is 4.30. The van der Waals surface area contributed by atoms with E-state index in [-0.39, 0.29) is 17.7 Å². The monoisotopic (exact) mass is 392 g/mol. The maximum atomic E-state index is 13.2. The summed E-state index contributed by atoms with van der Waals surface area (Å²) < 4.78 is 0. The Morgan fingerprint density at radius 1 is 0.862 bits per heavy atom. The highest BCUT2D eigenvalue weighted by Crippen LogP contribution is 2.28. The molecule has 0 bridgehead atoms. The molecule has 1 saturated heterocycles. The summed E-state index contributed by atoms with van der Waals surface area (Å²) in [6.45, 7) is 1.34. The van der Waals surface area contributed by atoms with E-state index >= 15 is 0 Å². The Bertz CT molecular complexity index is 919. The van der Waals surface area contributed by atoms with Gasteiger partial charge in [-0.1, -0.05) is 42.5 Å². The number of carboxylic acids is 1. The molecular weight excluding hydrogens is 368 g/mol. The van der Waals surface area contributed by atoms with Gasteiger partial charge in [0.05, 0.1) is 0 Å². The van der Waals surface area contributed by atoms with Crippen molar-refractivity contribution in [2.75, 3.05) is 13.1 Å². The lowest BCUT2D eigenvalue weighted by molar-refractivity contribution is -0.154. The quantitative estimate of drug-likeness (QED) is 0.871. The van der Waals surface area contributed by atoms with Gasteiger partial charge >= 0.3 is 5.97 Å². The second kappa shape index (κ2) is 8.07. The van der Waals surface area contributed by atoms with Crippen LogP contribution in [0, 0.1) is 5.92 Å². The van der Waals surface area contributed by atoms with Crippen LogP contribution in [0.2, 0.25) is 0 Å². The van der Waals surface area contributed by atoms with Crippen LogP contribution in [0.1, 0.15) is 34.3 Å². The molecule has 4 rings (SSSR count). The molecule has 1 atom stereocenters. The standard InChI is InChI=1S/C23H24N2O4/c26-21(16-6-2-1-3-7-16)24-12-10-17(11-13-24)22(27)25-15-19-9-5-4-8-18(19)14-20(25)23(28)29/h1-9,17,20H,10-15H2,(H,28,29). The van der Waals surface area contributed by atoms with Crippen LogP contribution in [0.25, 0.3) is 0 Å². The number of rotatable bonds is 3. The van der Waals surface area contributed by atoms with Gasteiger partial charge in [-0.2, -0.15) is 0 Å². The zero-order valence-corrected chi connectivity index (χ0v) is 16.2. The minimum atomic E-state index is -0.968. The van der Waals surface area contributed by atoms with Crippen LogP contribution in [-0.4, -0.2) is 51.8 Å². The molecule has 0 spiro atoms. The molecule has 1 unspecified atom stereocenters. The van der Waals surface area contributed by atoms with Crippen molar-refractivity contribution in [3.8, 4) is 0 Å². The smallest absolute Gasteiger partial charge is 0.326 e. The van der Waals surface area contributed by atoms with E-state index < -0.39 is 12.0 Å². The van der Waals surface area contributed by atoms with Crippen molar-refractivity contribution in [1.82, 2.24) is 9.80 Å². The zero-order chi connectivity index (χ0) is 20.4. The number of piperidine rings is 1. The lowest BCUT2D eigenvalue weighted by atomic mass is 9.89. The molecule has 0 aromatic heterocycles. The van der Waals surface area contributed by atoms with E-state index in [0.29, 0.717) is 44.5 Å². The third kappa shape index (κ3) is 3.88. The molecule has 0 aliphatic carbocycles. The number of amides is 2. The molecule has 1 fully saturated rings. The zero-order valence-electron chi connectivity index (χ0n) is 16.2. The number of hydrogen-bond donors (Lipinski definition) is 1. The van der Waals surface area contributed by atoms with Gasteiger partial charge < -0.3 is 14.9 Å². The molecule has 2 aromatic carbocycles. The molecule has 2 aliphatic heterocycles. The van der Waals surface area contributed by atoms with Crippen molar-refractivity contribution in [2.24, 2.45) is 5.92 Å². The predicted molar refractivity (Wildman–Crippen MR) is 107 cm³/mol. The maximum Gasteiger partial charge on any atom is 0.326 e. The number of carbonyl (C=O) groups is 3. The summed E-state index contributed by atoms with van der Waals surface area (Å²) in [5, 5.41) is 9.68. The molecule has 6 nitrogen and oxygen atoms in total. The fraction of sp³-hybridized carbons (Fsp3) is 0.348. The summed E-state index contributed by atoms with van der Waals surface area (Å²) in [4.78, 5) is 40.9. The van der Waals surface area contributed by atoms with Crippen molar-refractivity contribution in [3.05, 3.63) is 71.3 Å². The number of fused-ring (bicyclic) bond motifs is 1. The maximum absolute atomic E-state index is 13.2. The summed E-state index contributed by atoms with van der Waals surface area (Å²) in [5.74, 6) is -1.35. The number of benzene rings is 2. The normalized spacial score (nSPS) is 19.5. The number of likely N-dealkylation sites (tertiary alicyclic amines) is 1. The third-order valence-corrected chi connectivity index (χ3v) is 5.97. The van der Waals surface area contributed by atoms with Gasteiger partial charge in [0, 0.05) is 37.5 Å². The average molecular weight is 392 g/mol. The minimum Gasteiger partial charge on any atom is -0.480 e. The molecule has 150 valence electrons. The summed E-state index contributed by atoms with van der Waals surface area (Å²) in [6.07, 6.45) is 1.45. The Morgan fingerprint density at radius 3 is 2.14 bits per heavy atom. The van der Waals surface area contributed by atoms with Gasteiger partial charge in [-0.15, -0.1) is 0 Å². The van der Waals surface area contributed by atoms with Gasteiger partial charge in [-0.25, -0.2) is 4.79 Å². The van der Waals surface area contributed by atoms with E-state index in [1.807, 2.05) is 42.5 Å². The second-order valence-electron chi connectivity index (χ2n) is 7.73. The highest BCUT2D eigenvalue weighted by molar-refractivity contribution is 5.94. The van der Waals surface area contributed by atoms with Gasteiger partial charge in [0.25, 0.3) is 5.91 Å². The Hall–Kier alpha value is -3.15. The second-order valence-corrected chi connectivity index (χ2v) is 7.73. The molecule has 0 saturated carbocycles. The van der Waals surface area contributed by atoms with Gasteiger partial charge in [0.15, 0.2) is 0 Å². The first kappa shape index (κ1) is 19.2. The van der Waals surface area contributed by atoms with Crippen LogP contribution in [-0.2, 0) is 22.6 Å². The highest BCUT2D eigenvalue weighted by atomic mass is 16.4. The van der Waals surface area contributed by atoms with Crippen LogP contribution in [0.4, 0.5) is 0 Å². The molecule has 2 aliphatic rings. The van der Waals surface area contributed by atoms with Crippen LogP contribution in [0.5, 0.6) is 0 Å². The van der Waals surface area contributed by atoms with Crippen molar-refractivity contribution in [3.63, 3.8) is 0 Å². The van der Waals surface area contributed by atoms with Crippen LogP contribution in [0.3, 0.4) is 0 Å². The minimum absolute atomic E-state index is 0.0215. The Morgan fingerprint density at radius 2 is 1.48 bits per heavy atom. The first-order valence-corrected chi connectivity index (χ1v) is 9.99. The number of hydrogen-bond acceptors (Lipinski definition) is 3. The van der Waals surface area contributed by atoms with E-state index in [0.717, 1.165) is 11.1 Å². The molecule has 1 N–H and O–H groups in total. The van der Waals surface area contributed by atoms with Gasteiger partial charge in [0.2, 0.25) is 5.91 Å². The Kier molecular flexibility index (Phi) is 5.34. The fourth-order valence-corrected chi connectivity index (χ4v) is 4.30. The lowest BCUT2D eigenvalue weighted by Gasteiger charge is -2.39. The number of nitrogens with zero attached hydrogens (tertiary/aromatic N) is 2. The van der Waals surface area contributed by atoms with Gasteiger partial charge in [-0.3, -0.25) is 9.59 Å². The summed E-state index contributed by atoms with van der Waals surface area (Å²) in [6, 6.07) is 16.0. The number of aliphatic carboxylic acids is 1. The molecule has 6 heteroatoms. The van der Waals surface area contributed by atoms with Gasteiger partial charge in [-0.05, 0) is 36.1 Å². The van der Waals surface area contributed by atoms with E-state index in [1.165, 1.54) is 4.90 Å². The summed E-state index contributed by atoms with van der Waals surface area (Å²) in [5.41, 5.74) is 2.65. The molecule has 0 radical (unpaired) electrons. The van der Waals surface area contributed by atoms with E-state index in [2.05, 4.69) is 0 Å². The summed E-state index contributed by atoms with van der Waals surface area (Å²) in [7, 11) is 0. The number of carbonyl (C=O) groups excluding carboxylic acids is 2. The summed E-state index contributed by atoms with van der Waals surface area (Å²) >= 11 is 0. The Balaban J connectivity index is 1.43. The largest absolute Gasteiger partial charge is 0.480 e. The highest BCUT2D eigenvalue weighted by Gasteiger charge is 2.38. The first-order valence-electron chi connectivity index (χ1n) is 9.99. The lowest BCUT2D eigenvalue weighted by Crippen LogP contribution is -2.52. The number of carboxylic acid groups (broad SMARTS) is 1. The SMILES string of the molecule is O=C(O)C1Cc2ccccc2CN1C(=O)C1CCN(C(=O)c2ccccc2)CC1. The van der Waals surface area contributed by atoms with Crippen molar-refractivity contribution >= 4 is 17.8 Å². The molecule has 2 amide bonds. The third-order valence-electron chi connectivity index (χ3n) is 5.97. The molecule has 2 heterocycles. The van der Waals surface area contributed by atoms with Crippen LogP contribution >= 0.6 is 0 Å². The topological polar surface area (TPSA) is 77.9 Å². The molecular formula is C23H24N2O4. The van der Waals surface area contributed by atoms with Crippen LogP contribution < -0.4 is 0 Å². The van der Waals surface area contributed by atoms with Crippen molar-refractivity contribution in [2.45, 2.75) is 31.8 Å². The van der Waals surface area contributed by atoms with Crippen molar-refractivity contribution < 1.29 is 19.5 Å². The molecule has 29 heavy (non-hydrogen) atoms. The van der Waals surface area contributed by atoms with Crippen LogP contribution in [0.15, 0.2) is 54.6 Å². The average Bonchev–Trinajstić information content (AvgIpc) is 2.78. The van der Waals surface area contributed by atoms with Crippen molar-refractivity contribution in [1.29, 1.82) is 0 Å². The Labute approximate surface area is 169 Å². The first-order chi connectivity index (χ1) is 14.0. The van der Waals surface area contributed by atoms with E-state index in [9.17, 15) is 19.5 Å².